The summed E-state index contributed by atoms with van der Waals surface area (Å²) < 4.78 is 5.11. The van der Waals surface area contributed by atoms with E-state index in [2.05, 4.69) is 24.1 Å². The first kappa shape index (κ1) is 15.9. The van der Waals surface area contributed by atoms with Crippen LogP contribution in [0.4, 0.5) is 0 Å². The van der Waals surface area contributed by atoms with Crippen LogP contribution in [0, 0.1) is 5.92 Å². The molecule has 108 valence electrons. The largest absolute Gasteiger partial charge is 0.385 e. The van der Waals surface area contributed by atoms with Crippen LogP contribution in [0.3, 0.4) is 0 Å². The van der Waals surface area contributed by atoms with Gasteiger partial charge in [-0.25, -0.2) is 0 Å². The summed E-state index contributed by atoms with van der Waals surface area (Å²) in [6, 6.07) is 0.755. The molecule has 0 spiro atoms. The number of ether oxygens (including phenoxy) is 1. The molecule has 0 radical (unpaired) electrons. The molecule has 1 N–H and O–H groups in total. The molecule has 0 bridgehead atoms. The van der Waals surface area contributed by atoms with Gasteiger partial charge in [-0.3, -0.25) is 0 Å². The zero-order valence-corrected chi connectivity index (χ0v) is 12.6. The number of rotatable bonds is 9. The van der Waals surface area contributed by atoms with E-state index in [0.717, 1.165) is 18.6 Å². The number of hydrogen-bond donors (Lipinski definition) is 1. The molecule has 3 heteroatoms. The third-order valence-corrected chi connectivity index (χ3v) is 4.07. The monoisotopic (exact) mass is 256 g/mol. The maximum atomic E-state index is 5.11. The van der Waals surface area contributed by atoms with Gasteiger partial charge in [-0.2, -0.15) is 0 Å². The van der Waals surface area contributed by atoms with Crippen molar-refractivity contribution in [1.82, 2.24) is 10.2 Å². The maximum Gasteiger partial charge on any atom is 0.0462 e. The van der Waals surface area contributed by atoms with E-state index in [-0.39, 0.29) is 0 Å². The van der Waals surface area contributed by atoms with Gasteiger partial charge < -0.3 is 15.0 Å². The summed E-state index contributed by atoms with van der Waals surface area (Å²) in [6.45, 7) is 10.5. The third kappa shape index (κ3) is 5.68. The van der Waals surface area contributed by atoms with Crippen LogP contribution in [-0.4, -0.2) is 50.8 Å². The minimum absolute atomic E-state index is 0.755. The van der Waals surface area contributed by atoms with Gasteiger partial charge in [0.05, 0.1) is 0 Å². The molecule has 18 heavy (non-hydrogen) atoms. The lowest BCUT2D eigenvalue weighted by Crippen LogP contribution is -2.49. The molecule has 2 atom stereocenters. The highest BCUT2D eigenvalue weighted by Crippen LogP contribution is 2.20. The summed E-state index contributed by atoms with van der Waals surface area (Å²) in [6.07, 6.45) is 6.34. The van der Waals surface area contributed by atoms with Crippen LogP contribution >= 0.6 is 0 Å². The van der Waals surface area contributed by atoms with Gasteiger partial charge in [0.1, 0.15) is 0 Å². The van der Waals surface area contributed by atoms with E-state index >= 15 is 0 Å². The average Bonchev–Trinajstić information content (AvgIpc) is 2.41. The maximum absolute atomic E-state index is 5.11. The summed E-state index contributed by atoms with van der Waals surface area (Å²) in [5, 5.41) is 3.72. The van der Waals surface area contributed by atoms with Gasteiger partial charge in [0.2, 0.25) is 0 Å². The van der Waals surface area contributed by atoms with Crippen molar-refractivity contribution in [3.63, 3.8) is 0 Å². The topological polar surface area (TPSA) is 24.5 Å². The van der Waals surface area contributed by atoms with Crippen LogP contribution in [0.2, 0.25) is 0 Å². The summed E-state index contributed by atoms with van der Waals surface area (Å²) in [7, 11) is 1.79. The van der Waals surface area contributed by atoms with Crippen molar-refractivity contribution in [3.05, 3.63) is 0 Å². The Morgan fingerprint density at radius 1 is 1.28 bits per heavy atom. The number of unbranched alkanes of at least 4 members (excludes halogenated alkanes) is 1. The van der Waals surface area contributed by atoms with Crippen molar-refractivity contribution in [2.45, 2.75) is 52.0 Å². The highest BCUT2D eigenvalue weighted by Gasteiger charge is 2.26. The molecule has 0 aromatic heterocycles. The predicted octanol–water partition coefficient (Wildman–Crippen LogP) is 2.51. The molecule has 1 aliphatic heterocycles. The molecule has 1 rings (SSSR count). The lowest BCUT2D eigenvalue weighted by molar-refractivity contribution is 0.127. The molecule has 0 aromatic carbocycles. The molecule has 2 unspecified atom stereocenters. The van der Waals surface area contributed by atoms with Crippen LogP contribution < -0.4 is 5.32 Å². The van der Waals surface area contributed by atoms with E-state index in [0.29, 0.717) is 0 Å². The quantitative estimate of drug-likeness (QED) is 0.642. The Labute approximate surface area is 113 Å². The minimum Gasteiger partial charge on any atom is -0.385 e. The standard InChI is InChI=1S/C15H32N2O/c1-4-9-16-15-8-11-17(13-14(15)5-2)10-6-7-12-18-3/h14-16H,4-13H2,1-3H3. The van der Waals surface area contributed by atoms with E-state index < -0.39 is 0 Å². The van der Waals surface area contributed by atoms with E-state index in [1.807, 2.05) is 0 Å². The zero-order valence-electron chi connectivity index (χ0n) is 12.6. The Kier molecular flexibility index (Phi) is 8.64. The Balaban J connectivity index is 2.22. The average molecular weight is 256 g/mol. The van der Waals surface area contributed by atoms with Crippen molar-refractivity contribution in [3.8, 4) is 0 Å². The van der Waals surface area contributed by atoms with Crippen molar-refractivity contribution in [2.24, 2.45) is 5.92 Å². The SMILES string of the molecule is CCCNC1CCN(CCCCOC)CC1CC. The lowest BCUT2D eigenvalue weighted by Gasteiger charge is -2.39. The molecule has 3 nitrogen and oxygen atoms in total. The fraction of sp³-hybridized carbons (Fsp3) is 1.00. The smallest absolute Gasteiger partial charge is 0.0462 e. The van der Waals surface area contributed by atoms with Crippen molar-refractivity contribution in [2.75, 3.05) is 39.9 Å². The Morgan fingerprint density at radius 3 is 2.78 bits per heavy atom. The summed E-state index contributed by atoms with van der Waals surface area (Å²) in [5.41, 5.74) is 0. The molecule has 0 aliphatic carbocycles. The molecule has 0 saturated carbocycles. The highest BCUT2D eigenvalue weighted by atomic mass is 16.5. The van der Waals surface area contributed by atoms with E-state index in [1.54, 1.807) is 7.11 Å². The normalized spacial score (nSPS) is 25.5. The van der Waals surface area contributed by atoms with Crippen LogP contribution in [0.1, 0.15) is 46.0 Å². The van der Waals surface area contributed by atoms with Crippen LogP contribution in [0.5, 0.6) is 0 Å². The number of piperidine rings is 1. The third-order valence-electron chi connectivity index (χ3n) is 4.07. The van der Waals surface area contributed by atoms with Crippen molar-refractivity contribution in [1.29, 1.82) is 0 Å². The molecule has 0 amide bonds. The number of nitrogens with one attached hydrogen (secondary N) is 1. The van der Waals surface area contributed by atoms with E-state index in [1.165, 1.54) is 58.3 Å². The number of likely N-dealkylation sites (tertiary alicyclic amines) is 1. The summed E-state index contributed by atoms with van der Waals surface area (Å²) >= 11 is 0. The fourth-order valence-corrected chi connectivity index (χ4v) is 2.90. The van der Waals surface area contributed by atoms with Crippen LogP contribution in [0.15, 0.2) is 0 Å². The first-order valence-corrected chi connectivity index (χ1v) is 7.76. The van der Waals surface area contributed by atoms with Gasteiger partial charge >= 0.3 is 0 Å². The highest BCUT2D eigenvalue weighted by molar-refractivity contribution is 4.84. The number of nitrogens with zero attached hydrogens (tertiary/aromatic N) is 1. The van der Waals surface area contributed by atoms with Gasteiger partial charge in [0.25, 0.3) is 0 Å². The van der Waals surface area contributed by atoms with Gasteiger partial charge in [-0.15, -0.1) is 0 Å². The predicted molar refractivity (Wildman–Crippen MR) is 78.0 cm³/mol. The number of methoxy groups -OCH3 is 1. The van der Waals surface area contributed by atoms with Crippen LogP contribution in [-0.2, 0) is 4.74 Å². The first-order chi connectivity index (χ1) is 8.81. The van der Waals surface area contributed by atoms with Gasteiger partial charge in [-0.1, -0.05) is 20.3 Å². The van der Waals surface area contributed by atoms with Gasteiger partial charge in [-0.05, 0) is 51.2 Å². The van der Waals surface area contributed by atoms with Crippen LogP contribution in [0.25, 0.3) is 0 Å². The lowest BCUT2D eigenvalue weighted by atomic mass is 9.89. The second-order valence-corrected chi connectivity index (χ2v) is 5.52. The minimum atomic E-state index is 0.755. The summed E-state index contributed by atoms with van der Waals surface area (Å²) in [5.74, 6) is 0.840. The van der Waals surface area contributed by atoms with Gasteiger partial charge in [0, 0.05) is 26.3 Å². The Bertz CT molecular complexity index is 199. The molecule has 1 heterocycles. The Hall–Kier alpha value is -0.120. The molecule has 0 aromatic rings. The Morgan fingerprint density at radius 2 is 2.11 bits per heavy atom. The molecular weight excluding hydrogens is 224 g/mol. The van der Waals surface area contributed by atoms with E-state index in [9.17, 15) is 0 Å². The molecular formula is C15H32N2O. The molecule has 1 saturated heterocycles. The number of hydrogen-bond acceptors (Lipinski definition) is 3. The fourth-order valence-electron chi connectivity index (χ4n) is 2.90. The second-order valence-electron chi connectivity index (χ2n) is 5.52. The summed E-state index contributed by atoms with van der Waals surface area (Å²) in [4.78, 5) is 2.65. The molecule has 1 fully saturated rings. The molecule has 1 aliphatic rings. The second kappa shape index (κ2) is 9.76. The van der Waals surface area contributed by atoms with Crippen molar-refractivity contribution < 1.29 is 4.74 Å². The zero-order chi connectivity index (χ0) is 13.2. The first-order valence-electron chi connectivity index (χ1n) is 7.76. The van der Waals surface area contributed by atoms with E-state index in [4.69, 9.17) is 4.74 Å². The van der Waals surface area contributed by atoms with Gasteiger partial charge in [0.15, 0.2) is 0 Å². The van der Waals surface area contributed by atoms with Crippen molar-refractivity contribution >= 4 is 0 Å².